The highest BCUT2D eigenvalue weighted by molar-refractivity contribution is 5.95. The molecule has 1 aromatic heterocycles. The molecule has 1 saturated carbocycles. The zero-order valence-corrected chi connectivity index (χ0v) is 13.0. The van der Waals surface area contributed by atoms with Crippen LogP contribution in [0.4, 0.5) is 0 Å². The number of carbonyl (C=O) groups excluding carboxylic acids is 1. The molecule has 1 aliphatic rings. The van der Waals surface area contributed by atoms with Crippen molar-refractivity contribution in [3.8, 4) is 0 Å². The summed E-state index contributed by atoms with van der Waals surface area (Å²) >= 11 is 0. The maximum atomic E-state index is 12.2. The number of amides is 1. The topological polar surface area (TPSA) is 104 Å². The standard InChI is InChI=1S/C15H23N3O4/c1-10-12(13(19)16-9-15(2,22)14(20)21)8-17-18(10)11-6-4-3-5-7-11/h8,11,22H,3-7,9H2,1-2H3,(H,16,19)(H,20,21). The Bertz CT molecular complexity index is 559. The minimum Gasteiger partial charge on any atom is -0.479 e. The van der Waals surface area contributed by atoms with Crippen LogP contribution in [0.25, 0.3) is 0 Å². The summed E-state index contributed by atoms with van der Waals surface area (Å²) in [5, 5.41) is 25.2. The molecular formula is C15H23N3O4. The Morgan fingerprint density at radius 2 is 2.05 bits per heavy atom. The van der Waals surface area contributed by atoms with Crippen molar-refractivity contribution in [1.82, 2.24) is 15.1 Å². The quantitative estimate of drug-likeness (QED) is 0.759. The van der Waals surface area contributed by atoms with E-state index in [0.717, 1.165) is 25.5 Å². The molecule has 3 N–H and O–H groups in total. The first-order chi connectivity index (χ1) is 10.3. The highest BCUT2D eigenvalue weighted by atomic mass is 16.4. The molecule has 1 aliphatic carbocycles. The number of carboxylic acids is 1. The zero-order valence-electron chi connectivity index (χ0n) is 13.0. The molecule has 0 aliphatic heterocycles. The number of carboxylic acid groups (broad SMARTS) is 1. The molecule has 0 radical (unpaired) electrons. The monoisotopic (exact) mass is 309 g/mol. The number of nitrogens with one attached hydrogen (secondary N) is 1. The molecular weight excluding hydrogens is 286 g/mol. The summed E-state index contributed by atoms with van der Waals surface area (Å²) in [5.41, 5.74) is -0.783. The lowest BCUT2D eigenvalue weighted by Crippen LogP contribution is -2.46. The van der Waals surface area contributed by atoms with Crippen molar-refractivity contribution in [3.63, 3.8) is 0 Å². The van der Waals surface area contributed by atoms with Crippen molar-refractivity contribution in [2.45, 2.75) is 57.6 Å². The van der Waals surface area contributed by atoms with Gasteiger partial charge in [0, 0.05) is 5.69 Å². The van der Waals surface area contributed by atoms with Gasteiger partial charge in [0.15, 0.2) is 5.60 Å². The summed E-state index contributed by atoms with van der Waals surface area (Å²) in [5.74, 6) is -1.79. The van der Waals surface area contributed by atoms with E-state index in [-0.39, 0.29) is 6.54 Å². The van der Waals surface area contributed by atoms with Crippen molar-refractivity contribution in [1.29, 1.82) is 0 Å². The van der Waals surface area contributed by atoms with Crippen LogP contribution in [0.2, 0.25) is 0 Å². The molecule has 22 heavy (non-hydrogen) atoms. The van der Waals surface area contributed by atoms with E-state index in [9.17, 15) is 14.7 Å². The van der Waals surface area contributed by atoms with E-state index >= 15 is 0 Å². The van der Waals surface area contributed by atoms with Crippen LogP contribution in [0.5, 0.6) is 0 Å². The first kappa shape index (κ1) is 16.5. The molecule has 1 unspecified atom stereocenters. The van der Waals surface area contributed by atoms with Crippen LogP contribution in [0, 0.1) is 6.92 Å². The van der Waals surface area contributed by atoms with E-state index in [1.807, 2.05) is 11.6 Å². The van der Waals surface area contributed by atoms with Gasteiger partial charge in [-0.25, -0.2) is 4.79 Å². The summed E-state index contributed by atoms with van der Waals surface area (Å²) in [6, 6.07) is 0.331. The summed E-state index contributed by atoms with van der Waals surface area (Å²) < 4.78 is 1.89. The van der Waals surface area contributed by atoms with Gasteiger partial charge in [0.1, 0.15) is 0 Å². The number of rotatable bonds is 5. The molecule has 0 bridgehead atoms. The molecule has 2 rings (SSSR count). The smallest absolute Gasteiger partial charge is 0.337 e. The molecule has 1 amide bonds. The van der Waals surface area contributed by atoms with E-state index in [1.54, 1.807) is 0 Å². The average Bonchev–Trinajstić information content (AvgIpc) is 2.87. The third-order valence-electron chi connectivity index (χ3n) is 4.26. The van der Waals surface area contributed by atoms with E-state index < -0.39 is 17.5 Å². The number of aromatic nitrogens is 2. The second-order valence-corrected chi connectivity index (χ2v) is 6.14. The maximum Gasteiger partial charge on any atom is 0.337 e. The normalized spacial score (nSPS) is 18.7. The fraction of sp³-hybridized carbons (Fsp3) is 0.667. The van der Waals surface area contributed by atoms with Crippen molar-refractivity contribution in [3.05, 3.63) is 17.5 Å². The molecule has 7 heteroatoms. The van der Waals surface area contributed by atoms with Crippen LogP contribution >= 0.6 is 0 Å². The van der Waals surface area contributed by atoms with Crippen LogP contribution in [-0.2, 0) is 4.79 Å². The fourth-order valence-electron chi connectivity index (χ4n) is 2.76. The Morgan fingerprint density at radius 1 is 1.41 bits per heavy atom. The van der Waals surface area contributed by atoms with Crippen LogP contribution in [0.3, 0.4) is 0 Å². The van der Waals surface area contributed by atoms with Gasteiger partial charge in [0.2, 0.25) is 0 Å². The Hall–Kier alpha value is -1.89. The summed E-state index contributed by atoms with van der Waals surface area (Å²) in [4.78, 5) is 23.0. The van der Waals surface area contributed by atoms with Gasteiger partial charge in [-0.05, 0) is 26.7 Å². The first-order valence-electron chi connectivity index (χ1n) is 7.61. The fourth-order valence-corrected chi connectivity index (χ4v) is 2.76. The second-order valence-electron chi connectivity index (χ2n) is 6.14. The first-order valence-corrected chi connectivity index (χ1v) is 7.61. The Morgan fingerprint density at radius 3 is 2.64 bits per heavy atom. The van der Waals surface area contributed by atoms with Crippen molar-refractivity contribution < 1.29 is 19.8 Å². The molecule has 1 atom stereocenters. The lowest BCUT2D eigenvalue weighted by atomic mass is 9.95. The lowest BCUT2D eigenvalue weighted by Gasteiger charge is -2.23. The molecule has 0 saturated heterocycles. The predicted molar refractivity (Wildman–Crippen MR) is 79.7 cm³/mol. The van der Waals surface area contributed by atoms with Crippen LogP contribution in [-0.4, -0.2) is 44.0 Å². The molecule has 1 heterocycles. The minimum atomic E-state index is -1.98. The van der Waals surface area contributed by atoms with Gasteiger partial charge in [-0.15, -0.1) is 0 Å². The third-order valence-corrected chi connectivity index (χ3v) is 4.26. The van der Waals surface area contributed by atoms with E-state index in [1.165, 1.54) is 25.5 Å². The largest absolute Gasteiger partial charge is 0.479 e. The van der Waals surface area contributed by atoms with Crippen molar-refractivity contribution >= 4 is 11.9 Å². The summed E-state index contributed by atoms with van der Waals surface area (Å²) in [7, 11) is 0. The third kappa shape index (κ3) is 3.47. The van der Waals surface area contributed by atoms with E-state index in [4.69, 9.17) is 5.11 Å². The number of aliphatic hydroxyl groups is 1. The van der Waals surface area contributed by atoms with Gasteiger partial charge >= 0.3 is 5.97 Å². The molecule has 1 fully saturated rings. The molecule has 0 spiro atoms. The van der Waals surface area contributed by atoms with Crippen LogP contribution in [0.1, 0.15) is 61.1 Å². The number of aliphatic carboxylic acids is 1. The number of hydrogen-bond donors (Lipinski definition) is 3. The molecule has 1 aromatic rings. The highest BCUT2D eigenvalue weighted by Gasteiger charge is 2.31. The van der Waals surface area contributed by atoms with Crippen molar-refractivity contribution in [2.75, 3.05) is 6.54 Å². The molecule has 7 nitrogen and oxygen atoms in total. The second kappa shape index (κ2) is 6.48. The van der Waals surface area contributed by atoms with Crippen LogP contribution < -0.4 is 5.32 Å². The molecule has 0 aromatic carbocycles. The summed E-state index contributed by atoms with van der Waals surface area (Å²) in [6.07, 6.45) is 7.23. The Balaban J connectivity index is 2.05. The Kier molecular flexibility index (Phi) is 4.85. The number of nitrogens with zero attached hydrogens (tertiary/aromatic N) is 2. The predicted octanol–water partition coefficient (Wildman–Crippen LogP) is 1.26. The number of carbonyl (C=O) groups is 2. The number of hydrogen-bond acceptors (Lipinski definition) is 4. The van der Waals surface area contributed by atoms with Crippen LogP contribution in [0.15, 0.2) is 6.20 Å². The van der Waals surface area contributed by atoms with Gasteiger partial charge < -0.3 is 15.5 Å². The minimum absolute atomic E-state index is 0.331. The Labute approximate surface area is 129 Å². The highest BCUT2D eigenvalue weighted by Crippen LogP contribution is 2.29. The molecule has 122 valence electrons. The van der Waals surface area contributed by atoms with E-state index in [2.05, 4.69) is 10.4 Å². The summed E-state index contributed by atoms with van der Waals surface area (Å²) in [6.45, 7) is 2.63. The van der Waals surface area contributed by atoms with Gasteiger partial charge in [-0.2, -0.15) is 5.10 Å². The van der Waals surface area contributed by atoms with Gasteiger partial charge in [-0.3, -0.25) is 9.48 Å². The van der Waals surface area contributed by atoms with Gasteiger partial charge in [0.25, 0.3) is 5.91 Å². The van der Waals surface area contributed by atoms with Crippen molar-refractivity contribution in [2.24, 2.45) is 0 Å². The average molecular weight is 309 g/mol. The SMILES string of the molecule is Cc1c(C(=O)NCC(C)(O)C(=O)O)cnn1C1CCCCC1. The van der Waals surface area contributed by atoms with Gasteiger partial charge in [-0.1, -0.05) is 19.3 Å². The zero-order chi connectivity index (χ0) is 16.3. The van der Waals surface area contributed by atoms with E-state index in [0.29, 0.717) is 11.6 Å². The lowest BCUT2D eigenvalue weighted by molar-refractivity contribution is -0.155. The maximum absolute atomic E-state index is 12.2. The van der Waals surface area contributed by atoms with Gasteiger partial charge in [0.05, 0.1) is 24.3 Å².